The van der Waals surface area contributed by atoms with Crippen LogP contribution in [0.25, 0.3) is 0 Å². The van der Waals surface area contributed by atoms with E-state index in [9.17, 15) is 4.79 Å². The van der Waals surface area contributed by atoms with E-state index in [-0.39, 0.29) is 0 Å². The second kappa shape index (κ2) is 13.1. The zero-order chi connectivity index (χ0) is 32.1. The molecule has 0 bridgehead atoms. The number of carbonyl (C=O) groups excluding carboxylic acids is 1. The van der Waals surface area contributed by atoms with Gasteiger partial charge < -0.3 is 9.64 Å². The van der Waals surface area contributed by atoms with Crippen LogP contribution in [-0.2, 0) is 16.1 Å². The van der Waals surface area contributed by atoms with E-state index in [1.165, 1.54) is 50.1 Å². The van der Waals surface area contributed by atoms with Gasteiger partial charge in [0, 0.05) is 51.0 Å². The lowest BCUT2D eigenvalue weighted by atomic mass is 9.75. The maximum atomic E-state index is 13.5. The highest BCUT2D eigenvalue weighted by atomic mass is 16.5. The molecule has 0 amide bonds. The molecule has 2 aromatic carbocycles. The molecule has 252 valence electrons. The summed E-state index contributed by atoms with van der Waals surface area (Å²) in [7, 11) is 0. The van der Waals surface area contributed by atoms with Crippen LogP contribution in [0.3, 0.4) is 0 Å². The highest BCUT2D eigenvalue weighted by molar-refractivity contribution is 5.96. The Hall–Kier alpha value is -2.95. The number of carbonyl (C=O) groups is 1. The average Bonchev–Trinajstić information content (AvgIpc) is 3.99. The van der Waals surface area contributed by atoms with E-state index in [0.29, 0.717) is 47.4 Å². The molecule has 8 unspecified atom stereocenters. The van der Waals surface area contributed by atoms with Crippen molar-refractivity contribution in [3.8, 4) is 0 Å². The van der Waals surface area contributed by atoms with Gasteiger partial charge >= 0.3 is 0 Å². The van der Waals surface area contributed by atoms with Gasteiger partial charge in [0.15, 0.2) is 5.78 Å². The highest BCUT2D eigenvalue weighted by Crippen LogP contribution is 2.76. The van der Waals surface area contributed by atoms with Gasteiger partial charge in [-0.15, -0.1) is 0 Å². The summed E-state index contributed by atoms with van der Waals surface area (Å²) in [5.74, 6) is 6.26. The molecular weight excluding hydrogens is 588 g/mol. The largest absolute Gasteiger partial charge is 0.495 e. The minimum Gasteiger partial charge on any atom is -0.495 e. The molecular formula is C44H54N2O2. The molecule has 9 rings (SSSR count). The molecule has 2 saturated heterocycles. The maximum absolute atomic E-state index is 13.5. The van der Waals surface area contributed by atoms with Crippen molar-refractivity contribution >= 4 is 5.78 Å². The second-order valence-corrected chi connectivity index (χ2v) is 16.5. The van der Waals surface area contributed by atoms with Crippen LogP contribution < -0.4 is 0 Å². The third kappa shape index (κ3) is 6.29. The number of Topliss-reactive ketones (excluding diaryl/α,β-unsaturated/α-hetero) is 1. The second-order valence-electron chi connectivity index (χ2n) is 16.5. The molecule has 2 aliphatic heterocycles. The molecule has 7 aliphatic rings. The van der Waals surface area contributed by atoms with Gasteiger partial charge in [0.05, 0.1) is 5.76 Å². The lowest BCUT2D eigenvalue weighted by Gasteiger charge is -2.38. The van der Waals surface area contributed by atoms with Crippen LogP contribution in [0.15, 0.2) is 96.3 Å². The van der Waals surface area contributed by atoms with E-state index in [1.807, 2.05) is 0 Å². The van der Waals surface area contributed by atoms with Crippen LogP contribution in [0.4, 0.5) is 0 Å². The Labute approximate surface area is 288 Å². The number of ether oxygens (including phenoxy) is 1. The number of hydrogen-bond donors (Lipinski definition) is 0. The lowest BCUT2D eigenvalue weighted by molar-refractivity contribution is -0.116. The number of piperidine rings is 2. The summed E-state index contributed by atoms with van der Waals surface area (Å²) in [6.45, 7) is 6.78. The first-order chi connectivity index (χ1) is 23.6. The van der Waals surface area contributed by atoms with Gasteiger partial charge in [-0.05, 0) is 122 Å². The molecule has 8 atom stereocenters. The topological polar surface area (TPSA) is 32.8 Å². The summed E-state index contributed by atoms with van der Waals surface area (Å²) in [5, 5.41) is 0. The first-order valence-corrected chi connectivity index (χ1v) is 19.5. The molecule has 48 heavy (non-hydrogen) atoms. The van der Waals surface area contributed by atoms with Crippen molar-refractivity contribution in [1.82, 2.24) is 9.80 Å². The van der Waals surface area contributed by atoms with Crippen molar-refractivity contribution in [2.24, 2.45) is 40.9 Å². The fraction of sp³-hybridized carbons (Fsp3) is 0.568. The zero-order valence-electron chi connectivity index (χ0n) is 28.7. The van der Waals surface area contributed by atoms with Crippen LogP contribution in [0, 0.1) is 40.9 Å². The fourth-order valence-corrected chi connectivity index (χ4v) is 10.7. The predicted octanol–water partition coefficient (Wildman–Crippen LogP) is 8.58. The first-order valence-electron chi connectivity index (χ1n) is 19.5. The molecule has 4 nitrogen and oxygen atoms in total. The Kier molecular flexibility index (Phi) is 8.45. The Morgan fingerprint density at radius 1 is 0.875 bits per heavy atom. The molecule has 5 aliphatic carbocycles. The normalized spacial score (nSPS) is 34.8. The number of allylic oxidation sites excluding steroid dienone is 6. The van der Waals surface area contributed by atoms with Gasteiger partial charge in [0.2, 0.25) is 0 Å². The smallest absolute Gasteiger partial charge is 0.158 e. The van der Waals surface area contributed by atoms with Gasteiger partial charge in [0.25, 0.3) is 0 Å². The third-order valence-corrected chi connectivity index (χ3v) is 13.5. The van der Waals surface area contributed by atoms with Crippen LogP contribution in [0.1, 0.15) is 81.3 Å². The summed E-state index contributed by atoms with van der Waals surface area (Å²) in [5.41, 5.74) is 4.58. The van der Waals surface area contributed by atoms with Crippen LogP contribution in [0.2, 0.25) is 0 Å². The Balaban J connectivity index is 0.745. The molecule has 0 radical (unpaired) electrons. The van der Waals surface area contributed by atoms with Crippen molar-refractivity contribution in [2.45, 2.75) is 82.8 Å². The minimum atomic E-state index is 0.309. The Bertz CT molecular complexity index is 1550. The molecule has 3 saturated carbocycles. The maximum Gasteiger partial charge on any atom is 0.158 e. The zero-order valence-corrected chi connectivity index (χ0v) is 28.7. The molecule has 0 spiro atoms. The number of fused-ring (bicyclic) bond motifs is 4. The summed E-state index contributed by atoms with van der Waals surface area (Å²) in [6.07, 6.45) is 21.2. The van der Waals surface area contributed by atoms with Gasteiger partial charge in [-0.25, -0.2) is 0 Å². The number of likely N-dealkylation sites (tertiary alicyclic amines) is 2. The van der Waals surface area contributed by atoms with Crippen LogP contribution in [0.5, 0.6) is 0 Å². The average molecular weight is 643 g/mol. The first kappa shape index (κ1) is 31.1. The van der Waals surface area contributed by atoms with E-state index in [0.717, 1.165) is 81.6 Å². The lowest BCUT2D eigenvalue weighted by Crippen LogP contribution is -2.41. The molecule has 2 aromatic rings. The SMILES string of the molecule is O=C(CCC1CCCN(Cc2ccccc2)C1)C1=CCC=C(OC2CCN(CC(c3ccccc3)C34CC3C=CC3CC34)CC2)C2CC12. The quantitative estimate of drug-likeness (QED) is 0.217. The number of benzene rings is 2. The molecule has 2 heterocycles. The fourth-order valence-electron chi connectivity index (χ4n) is 10.7. The summed E-state index contributed by atoms with van der Waals surface area (Å²) in [6, 6.07) is 22.3. The third-order valence-electron chi connectivity index (χ3n) is 13.5. The summed E-state index contributed by atoms with van der Waals surface area (Å²) in [4.78, 5) is 18.9. The van der Waals surface area contributed by atoms with Crippen molar-refractivity contribution in [1.29, 1.82) is 0 Å². The minimum absolute atomic E-state index is 0.309. The van der Waals surface area contributed by atoms with E-state index < -0.39 is 0 Å². The van der Waals surface area contributed by atoms with Crippen molar-refractivity contribution in [3.05, 3.63) is 107 Å². The number of nitrogens with zero attached hydrogens (tertiary/aromatic N) is 2. The van der Waals surface area contributed by atoms with E-state index in [2.05, 4.69) is 94.8 Å². The predicted molar refractivity (Wildman–Crippen MR) is 192 cm³/mol. The summed E-state index contributed by atoms with van der Waals surface area (Å²) >= 11 is 0. The van der Waals surface area contributed by atoms with Crippen molar-refractivity contribution in [3.63, 3.8) is 0 Å². The monoisotopic (exact) mass is 642 g/mol. The van der Waals surface area contributed by atoms with Crippen molar-refractivity contribution in [2.75, 3.05) is 32.7 Å². The molecule has 0 N–H and O–H groups in total. The van der Waals surface area contributed by atoms with Gasteiger partial charge in [-0.1, -0.05) is 78.9 Å². The number of ketones is 1. The van der Waals surface area contributed by atoms with E-state index >= 15 is 0 Å². The van der Waals surface area contributed by atoms with Crippen molar-refractivity contribution < 1.29 is 9.53 Å². The Morgan fingerprint density at radius 2 is 1.69 bits per heavy atom. The van der Waals surface area contributed by atoms with Gasteiger partial charge in [0.1, 0.15) is 6.10 Å². The molecule has 0 aromatic heterocycles. The van der Waals surface area contributed by atoms with E-state index in [1.54, 1.807) is 5.56 Å². The summed E-state index contributed by atoms with van der Waals surface area (Å²) < 4.78 is 6.79. The number of rotatable bonds is 12. The standard InChI is InChI=1S/C44H54N2O2/c47-42(19-16-32-11-8-22-46(29-32)28-31-9-3-1-4-10-31)37-14-7-15-43(39-26-38(37)39)48-36-20-23-45(24-21-36)30-41(33-12-5-2-6-13-33)44-27-35(44)18-17-34-25-40(34)44/h1-6,9-10,12-15,17-18,32,34-36,38-41H,7-8,11,16,19-30H2. The number of hydrogen-bond acceptors (Lipinski definition) is 4. The van der Waals surface area contributed by atoms with Gasteiger partial charge in [-0.2, -0.15) is 0 Å². The van der Waals surface area contributed by atoms with Crippen LogP contribution >= 0.6 is 0 Å². The molecule has 4 heteroatoms. The highest BCUT2D eigenvalue weighted by Gasteiger charge is 2.69. The van der Waals surface area contributed by atoms with Crippen LogP contribution in [-0.4, -0.2) is 54.4 Å². The van der Waals surface area contributed by atoms with Gasteiger partial charge in [-0.3, -0.25) is 9.69 Å². The Morgan fingerprint density at radius 3 is 2.52 bits per heavy atom. The van der Waals surface area contributed by atoms with E-state index in [4.69, 9.17) is 4.74 Å². The molecule has 5 fully saturated rings.